The van der Waals surface area contributed by atoms with Crippen LogP contribution < -0.4 is 0 Å². The Hall–Kier alpha value is -0.640. The summed E-state index contributed by atoms with van der Waals surface area (Å²) < 4.78 is 108. The van der Waals surface area contributed by atoms with Gasteiger partial charge in [0.05, 0.1) is 86.5 Å². The van der Waals surface area contributed by atoms with Crippen molar-refractivity contribution in [1.29, 1.82) is 0 Å². The molecule has 36 atom stereocenters. The molecule has 9 heterocycles. The van der Waals surface area contributed by atoms with Crippen LogP contribution >= 0.6 is 0 Å². The normalized spacial score (nSPS) is 55.3. The Balaban J connectivity index is 0.786. The highest BCUT2D eigenvalue weighted by atomic mass is 16.8. The van der Waals surface area contributed by atoms with Gasteiger partial charge in [-0.1, -0.05) is 132 Å². The molecule has 0 aromatic carbocycles. The molecule has 0 radical (unpaired) electrons. The summed E-state index contributed by atoms with van der Waals surface area (Å²) in [6.07, 6.45) is -0.830. The molecule has 9 fully saturated rings. The molecule has 2 bridgehead atoms. The van der Waals surface area contributed by atoms with Crippen LogP contribution in [0.15, 0.2) is 0 Å². The van der Waals surface area contributed by atoms with E-state index in [0.717, 1.165) is 32.1 Å². The molecule has 0 N–H and O–H groups in total. The van der Waals surface area contributed by atoms with Crippen LogP contribution in [-0.4, -0.2) is 149 Å². The van der Waals surface area contributed by atoms with Crippen LogP contribution in [0, 0.1) is 82.9 Å². The first-order chi connectivity index (χ1) is 37.6. The molecule has 16 heteroatoms. The van der Waals surface area contributed by atoms with E-state index in [1.807, 2.05) is 6.92 Å². The topological polar surface area (TPSA) is 148 Å². The molecule has 0 aromatic heterocycles. The zero-order chi connectivity index (χ0) is 57.0. The Morgan fingerprint density at radius 1 is 0.266 bits per heavy atom. The molecular weight excluding hydrogens is 1010 g/mol. The van der Waals surface area contributed by atoms with Crippen molar-refractivity contribution in [3.05, 3.63) is 0 Å². The Morgan fingerprint density at radius 2 is 0.544 bits per heavy atom. The third kappa shape index (κ3) is 12.5. The van der Waals surface area contributed by atoms with Crippen molar-refractivity contribution < 1.29 is 75.8 Å². The lowest BCUT2D eigenvalue weighted by molar-refractivity contribution is -0.374. The van der Waals surface area contributed by atoms with Gasteiger partial charge in [0.15, 0.2) is 50.3 Å². The van der Waals surface area contributed by atoms with Crippen molar-refractivity contribution in [2.24, 2.45) is 82.9 Å². The van der Waals surface area contributed by atoms with Gasteiger partial charge in [-0.25, -0.2) is 0 Å². The maximum Gasteiger partial charge on any atom is 0.161 e. The maximum atomic E-state index is 7.19. The zero-order valence-electron chi connectivity index (χ0n) is 52.3. The minimum absolute atomic E-state index is 0.00912. The van der Waals surface area contributed by atoms with Crippen LogP contribution in [0.25, 0.3) is 0 Å². The molecule has 9 aliphatic rings. The minimum atomic E-state index is -0.425. The van der Waals surface area contributed by atoms with Gasteiger partial charge in [-0.3, -0.25) is 0 Å². The molecule has 79 heavy (non-hydrogen) atoms. The molecule has 18 unspecified atom stereocenters. The molecule has 458 valence electrons. The molecule has 9 rings (SSSR count). The van der Waals surface area contributed by atoms with Crippen molar-refractivity contribution >= 4 is 0 Å². The quantitative estimate of drug-likeness (QED) is 0.136. The zero-order valence-corrected chi connectivity index (χ0v) is 52.3. The summed E-state index contributed by atoms with van der Waals surface area (Å²) >= 11 is 0. The Morgan fingerprint density at radius 3 is 0.873 bits per heavy atom. The van der Waals surface area contributed by atoms with E-state index in [-0.39, 0.29) is 188 Å². The Bertz CT molecular complexity index is 1890. The van der Waals surface area contributed by atoms with Crippen molar-refractivity contribution in [2.75, 3.05) is 13.2 Å². The second kappa shape index (κ2) is 26.5. The van der Waals surface area contributed by atoms with Crippen molar-refractivity contribution in [2.45, 2.75) is 306 Å². The summed E-state index contributed by atoms with van der Waals surface area (Å²) in [5.74, 6) is 2.02. The molecule has 0 amide bonds. The average molecular weight is 1120 g/mol. The third-order valence-corrected chi connectivity index (χ3v) is 22.2. The van der Waals surface area contributed by atoms with Crippen molar-refractivity contribution in [3.8, 4) is 0 Å². The predicted octanol–water partition coefficient (Wildman–Crippen LogP) is 11.1. The number of rotatable bonds is 17. The van der Waals surface area contributed by atoms with E-state index in [0.29, 0.717) is 19.1 Å². The molecule has 0 saturated carbocycles. The van der Waals surface area contributed by atoms with Gasteiger partial charge in [0.1, 0.15) is 12.2 Å². The smallest absolute Gasteiger partial charge is 0.161 e. The van der Waals surface area contributed by atoms with E-state index in [4.69, 9.17) is 75.8 Å². The number of fused-ring (bicyclic) bond motifs is 3. The maximum absolute atomic E-state index is 7.19. The summed E-state index contributed by atoms with van der Waals surface area (Å²) in [4.78, 5) is 0. The third-order valence-electron chi connectivity index (χ3n) is 22.2. The van der Waals surface area contributed by atoms with Crippen LogP contribution in [0.3, 0.4) is 0 Å². The fourth-order valence-electron chi connectivity index (χ4n) is 14.9. The molecule has 0 aromatic rings. The first-order valence-electron chi connectivity index (χ1n) is 32.0. The monoisotopic (exact) mass is 1120 g/mol. The largest absolute Gasteiger partial charge is 0.350 e. The second-order valence-corrected chi connectivity index (χ2v) is 26.8. The Kier molecular flexibility index (Phi) is 21.1. The van der Waals surface area contributed by atoms with Crippen LogP contribution in [-0.2, 0) is 75.8 Å². The van der Waals surface area contributed by atoms with Gasteiger partial charge < -0.3 is 75.8 Å². The molecule has 9 saturated heterocycles. The average Bonchev–Trinajstić information content (AvgIpc) is 4.08. The van der Waals surface area contributed by atoms with E-state index >= 15 is 0 Å². The predicted molar refractivity (Wildman–Crippen MR) is 296 cm³/mol. The SMILES string of the molecule is CCC1O[C@H](O[C@H]2C(CC)O[C@@H](O[C@H]3C(CC)O[C@@H](O[C@H]4C(C)C(C)[C@@H]5OC[C@@H]4O5)C(C)[C@H]3C)C(C)[C@H]2C)C(C)C(C)[C@@H]1O[C@H]1OC(CC)[C@@H](O[C@@H]2OC(CC)[C@H](O[C@@H]3OC4COC(C)O[C@@H]4C(C)C3C)[C@H](C)C2C)C(C)C1C. The molecule has 16 nitrogen and oxygen atoms in total. The van der Waals surface area contributed by atoms with Crippen LogP contribution in [0.5, 0.6) is 0 Å². The first kappa shape index (κ1) is 62.9. The van der Waals surface area contributed by atoms with Crippen molar-refractivity contribution in [3.63, 3.8) is 0 Å². The van der Waals surface area contributed by atoms with E-state index < -0.39 is 25.2 Å². The highest BCUT2D eigenvalue weighted by Gasteiger charge is 2.56. The highest BCUT2D eigenvalue weighted by Crippen LogP contribution is 2.48. The van der Waals surface area contributed by atoms with Crippen molar-refractivity contribution in [1.82, 2.24) is 0 Å². The van der Waals surface area contributed by atoms with E-state index in [1.54, 1.807) is 0 Å². The summed E-state index contributed by atoms with van der Waals surface area (Å²) in [5.41, 5.74) is 0. The summed E-state index contributed by atoms with van der Waals surface area (Å²) in [5, 5.41) is 0. The number of ether oxygens (including phenoxy) is 16. The van der Waals surface area contributed by atoms with Gasteiger partial charge in [0, 0.05) is 41.4 Å². The summed E-state index contributed by atoms with van der Waals surface area (Å²) in [6.45, 7) is 45.4. The Labute approximate surface area is 476 Å². The number of hydrogen-bond donors (Lipinski definition) is 0. The fourth-order valence-corrected chi connectivity index (χ4v) is 14.9. The molecule has 9 aliphatic heterocycles. The lowest BCUT2D eigenvalue weighted by Gasteiger charge is -2.53. The van der Waals surface area contributed by atoms with E-state index in [1.165, 1.54) is 0 Å². The van der Waals surface area contributed by atoms with Gasteiger partial charge in [0.25, 0.3) is 0 Å². The molecule has 0 spiro atoms. The minimum Gasteiger partial charge on any atom is -0.350 e. The van der Waals surface area contributed by atoms with E-state index in [2.05, 4.69) is 132 Å². The fraction of sp³-hybridized carbons (Fsp3) is 1.00. The lowest BCUT2D eigenvalue weighted by atomic mass is 9.80. The summed E-state index contributed by atoms with van der Waals surface area (Å²) in [7, 11) is 0. The summed E-state index contributed by atoms with van der Waals surface area (Å²) in [6, 6.07) is 0. The van der Waals surface area contributed by atoms with Crippen LogP contribution in [0.4, 0.5) is 0 Å². The molecular formula is C63H110O16. The number of hydrogen-bond acceptors (Lipinski definition) is 16. The second-order valence-electron chi connectivity index (χ2n) is 26.8. The van der Waals surface area contributed by atoms with Gasteiger partial charge >= 0.3 is 0 Å². The van der Waals surface area contributed by atoms with Crippen LogP contribution in [0.2, 0.25) is 0 Å². The standard InChI is InChI=1S/C63H110O16/c1-21-43-50(74-59-37(15)30(8)52(45(23-3)68-59)76-61-39(17)32(10)54(47(25-5)70-61)78-63-41(19)34(12)55-48(73-63)26-64-42(20)66-55)29(7)36(14)58(67-43)75-51-31(9)38(16)60(69-44(51)22-2)77-53-33(11)40(18)62(71-46(53)24-4)79-56-28(6)35(13)57-65-27-49(56)72-57/h28-63H,21-27H2,1-20H3/t28?,29?,30?,31-,32-,33-,34?,35?,36?,37?,38?,39?,40?,41?,42?,43?,44?,45?,46?,47?,48?,49+,50+,51-,52+,53-,54-,55-,56+,57-,58-,59-,60+,61+,62+,63+/m1/s1. The van der Waals surface area contributed by atoms with Gasteiger partial charge in [0.2, 0.25) is 0 Å². The van der Waals surface area contributed by atoms with Gasteiger partial charge in [-0.2, -0.15) is 0 Å². The highest BCUT2D eigenvalue weighted by molar-refractivity contribution is 4.97. The first-order valence-corrected chi connectivity index (χ1v) is 32.0. The lowest BCUT2D eigenvalue weighted by Crippen LogP contribution is -2.60. The molecule has 0 aliphatic carbocycles. The van der Waals surface area contributed by atoms with Gasteiger partial charge in [-0.15, -0.1) is 0 Å². The van der Waals surface area contributed by atoms with E-state index in [9.17, 15) is 0 Å². The van der Waals surface area contributed by atoms with Gasteiger partial charge in [-0.05, 0) is 80.5 Å². The van der Waals surface area contributed by atoms with Crippen LogP contribution in [0.1, 0.15) is 171 Å².